The van der Waals surface area contributed by atoms with Crippen molar-refractivity contribution >= 4 is 12.1 Å². The Morgan fingerprint density at radius 1 is 1.33 bits per heavy atom. The first-order chi connectivity index (χ1) is 8.01. The summed E-state index contributed by atoms with van der Waals surface area (Å²) in [4.78, 5) is 23.7. The van der Waals surface area contributed by atoms with Crippen LogP contribution in [0.3, 0.4) is 0 Å². The van der Waals surface area contributed by atoms with Gasteiger partial charge in [-0.05, 0) is 40.0 Å². The SMILES string of the molecule is CC(C)(C)OC(=O)N1CC(CC(C)(F)C(=O)O)C1. The number of carboxylic acid groups (broad SMARTS) is 1. The van der Waals surface area contributed by atoms with E-state index in [0.29, 0.717) is 13.1 Å². The average Bonchev–Trinajstić information content (AvgIpc) is 2.06. The quantitative estimate of drug-likeness (QED) is 0.844. The lowest BCUT2D eigenvalue weighted by atomic mass is 9.88. The number of nitrogens with zero attached hydrogens (tertiary/aromatic N) is 1. The summed E-state index contributed by atoms with van der Waals surface area (Å²) < 4.78 is 18.7. The van der Waals surface area contributed by atoms with E-state index in [1.165, 1.54) is 4.90 Å². The van der Waals surface area contributed by atoms with E-state index in [-0.39, 0.29) is 12.3 Å². The molecule has 104 valence electrons. The molecule has 0 bridgehead atoms. The van der Waals surface area contributed by atoms with Gasteiger partial charge in [-0.25, -0.2) is 14.0 Å². The molecule has 1 fully saturated rings. The normalized spacial score (nSPS) is 19.9. The van der Waals surface area contributed by atoms with Crippen LogP contribution in [0, 0.1) is 5.92 Å². The molecule has 0 aromatic carbocycles. The van der Waals surface area contributed by atoms with Crippen LogP contribution in [-0.4, -0.2) is 46.4 Å². The van der Waals surface area contributed by atoms with Crippen LogP contribution in [-0.2, 0) is 9.53 Å². The molecule has 1 rings (SSSR count). The number of carbonyl (C=O) groups is 2. The summed E-state index contributed by atoms with van der Waals surface area (Å²) >= 11 is 0. The van der Waals surface area contributed by atoms with Gasteiger partial charge in [0, 0.05) is 13.1 Å². The maximum Gasteiger partial charge on any atom is 0.410 e. The van der Waals surface area contributed by atoms with Gasteiger partial charge in [-0.1, -0.05) is 0 Å². The van der Waals surface area contributed by atoms with Crippen LogP contribution in [0.4, 0.5) is 9.18 Å². The van der Waals surface area contributed by atoms with Crippen LogP contribution < -0.4 is 0 Å². The van der Waals surface area contributed by atoms with Gasteiger partial charge < -0.3 is 14.7 Å². The van der Waals surface area contributed by atoms with Gasteiger partial charge in [0.15, 0.2) is 0 Å². The second-order valence-electron chi connectivity index (χ2n) is 5.96. The third-order valence-corrected chi connectivity index (χ3v) is 2.73. The number of alkyl halides is 1. The number of carboxylic acids is 1. The molecule has 0 aliphatic carbocycles. The van der Waals surface area contributed by atoms with Gasteiger partial charge in [0.05, 0.1) is 0 Å². The van der Waals surface area contributed by atoms with Crippen LogP contribution in [0.1, 0.15) is 34.1 Å². The zero-order chi connectivity index (χ0) is 14.1. The van der Waals surface area contributed by atoms with Crippen LogP contribution in [0.25, 0.3) is 0 Å². The Hall–Kier alpha value is -1.33. The Morgan fingerprint density at radius 2 is 1.83 bits per heavy atom. The molecule has 1 atom stereocenters. The van der Waals surface area contributed by atoms with Crippen molar-refractivity contribution in [2.24, 2.45) is 5.92 Å². The van der Waals surface area contributed by atoms with Gasteiger partial charge in [0.2, 0.25) is 5.67 Å². The molecule has 0 radical (unpaired) electrons. The fourth-order valence-corrected chi connectivity index (χ4v) is 1.80. The van der Waals surface area contributed by atoms with Crippen LogP contribution in [0.15, 0.2) is 0 Å². The van der Waals surface area contributed by atoms with Crippen molar-refractivity contribution in [2.45, 2.75) is 45.4 Å². The van der Waals surface area contributed by atoms with Crippen LogP contribution >= 0.6 is 0 Å². The fourth-order valence-electron chi connectivity index (χ4n) is 1.80. The second-order valence-corrected chi connectivity index (χ2v) is 5.96. The van der Waals surface area contributed by atoms with Crippen LogP contribution in [0.5, 0.6) is 0 Å². The summed E-state index contributed by atoms with van der Waals surface area (Å²) in [6.07, 6.45) is -0.517. The number of carbonyl (C=O) groups excluding carboxylic acids is 1. The van der Waals surface area contributed by atoms with Crippen molar-refractivity contribution in [3.63, 3.8) is 0 Å². The summed E-state index contributed by atoms with van der Waals surface area (Å²) in [5.41, 5.74) is -2.79. The number of halogens is 1. The number of hydrogen-bond donors (Lipinski definition) is 1. The molecule has 1 amide bonds. The molecule has 1 unspecified atom stereocenters. The Kier molecular flexibility index (Phi) is 3.88. The van der Waals surface area contributed by atoms with Crippen LogP contribution in [0.2, 0.25) is 0 Å². The largest absolute Gasteiger partial charge is 0.479 e. The molecule has 1 aliphatic rings. The number of likely N-dealkylation sites (tertiary alicyclic amines) is 1. The number of ether oxygens (including phenoxy) is 1. The number of hydrogen-bond acceptors (Lipinski definition) is 3. The third-order valence-electron chi connectivity index (χ3n) is 2.73. The summed E-state index contributed by atoms with van der Waals surface area (Å²) in [6.45, 7) is 7.05. The number of rotatable bonds is 3. The summed E-state index contributed by atoms with van der Waals surface area (Å²) in [5.74, 6) is -1.58. The molecule has 6 heteroatoms. The van der Waals surface area contributed by atoms with E-state index >= 15 is 0 Å². The molecular weight excluding hydrogens is 241 g/mol. The highest BCUT2D eigenvalue weighted by Crippen LogP contribution is 2.29. The predicted molar refractivity (Wildman–Crippen MR) is 63.1 cm³/mol. The standard InChI is InChI=1S/C12H20FNO4/c1-11(2,3)18-10(17)14-6-8(7-14)5-12(4,13)9(15)16/h8H,5-7H2,1-4H3,(H,15,16). The minimum absolute atomic E-state index is 0.0817. The van der Waals surface area contributed by atoms with E-state index < -0.39 is 23.3 Å². The number of amides is 1. The van der Waals surface area contributed by atoms with Gasteiger partial charge in [-0.3, -0.25) is 0 Å². The van der Waals surface area contributed by atoms with Crippen molar-refractivity contribution in [1.82, 2.24) is 4.90 Å². The third kappa shape index (κ3) is 3.85. The zero-order valence-electron chi connectivity index (χ0n) is 11.2. The average molecular weight is 261 g/mol. The van der Waals surface area contributed by atoms with Gasteiger partial charge in [-0.2, -0.15) is 0 Å². The molecule has 0 spiro atoms. The molecule has 0 saturated carbocycles. The van der Waals surface area contributed by atoms with E-state index in [9.17, 15) is 14.0 Å². The Morgan fingerprint density at radius 3 is 2.22 bits per heavy atom. The van der Waals surface area contributed by atoms with Crippen molar-refractivity contribution in [3.8, 4) is 0 Å². The maximum absolute atomic E-state index is 13.5. The minimum Gasteiger partial charge on any atom is -0.479 e. The summed E-state index contributed by atoms with van der Waals surface area (Å²) in [6, 6.07) is 0. The molecule has 0 aromatic rings. The smallest absolute Gasteiger partial charge is 0.410 e. The Balaban J connectivity index is 2.37. The number of aliphatic carboxylic acids is 1. The first kappa shape index (κ1) is 14.7. The van der Waals surface area contributed by atoms with Crippen molar-refractivity contribution in [1.29, 1.82) is 0 Å². The topological polar surface area (TPSA) is 66.8 Å². The second kappa shape index (κ2) is 4.74. The molecule has 18 heavy (non-hydrogen) atoms. The Labute approximate surface area is 106 Å². The first-order valence-electron chi connectivity index (χ1n) is 5.91. The van der Waals surface area contributed by atoms with Gasteiger partial charge >= 0.3 is 12.1 Å². The lowest BCUT2D eigenvalue weighted by molar-refractivity contribution is -0.151. The summed E-state index contributed by atoms with van der Waals surface area (Å²) in [5, 5.41) is 8.66. The molecule has 5 nitrogen and oxygen atoms in total. The van der Waals surface area contributed by atoms with Gasteiger partial charge in [0.25, 0.3) is 0 Å². The molecule has 1 N–H and O–H groups in total. The van der Waals surface area contributed by atoms with Crippen molar-refractivity contribution < 1.29 is 23.8 Å². The molecule has 1 aliphatic heterocycles. The predicted octanol–water partition coefficient (Wildman–Crippen LogP) is 2.06. The molecule has 1 saturated heterocycles. The Bertz CT molecular complexity index is 342. The zero-order valence-corrected chi connectivity index (χ0v) is 11.2. The molecule has 1 heterocycles. The minimum atomic E-state index is -2.23. The lowest BCUT2D eigenvalue weighted by Crippen LogP contribution is -2.53. The van der Waals surface area contributed by atoms with E-state index in [1.807, 2.05) is 0 Å². The van der Waals surface area contributed by atoms with E-state index in [4.69, 9.17) is 9.84 Å². The maximum atomic E-state index is 13.5. The van der Waals surface area contributed by atoms with E-state index in [1.54, 1.807) is 20.8 Å². The highest BCUT2D eigenvalue weighted by molar-refractivity contribution is 5.76. The van der Waals surface area contributed by atoms with Gasteiger partial charge in [0.1, 0.15) is 5.60 Å². The van der Waals surface area contributed by atoms with Crippen molar-refractivity contribution in [2.75, 3.05) is 13.1 Å². The van der Waals surface area contributed by atoms with E-state index in [2.05, 4.69) is 0 Å². The first-order valence-corrected chi connectivity index (χ1v) is 5.91. The fraction of sp³-hybridized carbons (Fsp3) is 0.833. The lowest BCUT2D eigenvalue weighted by Gasteiger charge is -2.41. The summed E-state index contributed by atoms with van der Waals surface area (Å²) in [7, 11) is 0. The van der Waals surface area contributed by atoms with Gasteiger partial charge in [-0.15, -0.1) is 0 Å². The van der Waals surface area contributed by atoms with Crippen molar-refractivity contribution in [3.05, 3.63) is 0 Å². The highest BCUT2D eigenvalue weighted by atomic mass is 19.1. The monoisotopic (exact) mass is 261 g/mol. The molecular formula is C12H20FNO4. The molecule has 0 aromatic heterocycles. The van der Waals surface area contributed by atoms with E-state index in [0.717, 1.165) is 6.92 Å². The highest BCUT2D eigenvalue weighted by Gasteiger charge is 2.42.